The van der Waals surface area contributed by atoms with Gasteiger partial charge in [0.1, 0.15) is 24.4 Å². The molecule has 34 heavy (non-hydrogen) atoms. The SMILES string of the molecule is O=C(N[C@H](Cc1ccc(O)cc1)C(=O)N[C@@H](Cc1ccccc1)C(=O)O)OCc1ccccc1. The van der Waals surface area contributed by atoms with E-state index < -0.39 is 30.1 Å². The molecule has 0 aliphatic carbocycles. The quantitative estimate of drug-likeness (QED) is 0.367. The molecule has 0 aromatic heterocycles. The zero-order chi connectivity index (χ0) is 24.3. The molecule has 0 spiro atoms. The number of carboxylic acid groups (broad SMARTS) is 1. The molecule has 4 N–H and O–H groups in total. The van der Waals surface area contributed by atoms with E-state index in [1.54, 1.807) is 48.5 Å². The second kappa shape index (κ2) is 12.1. The summed E-state index contributed by atoms with van der Waals surface area (Å²) < 4.78 is 5.23. The maximum Gasteiger partial charge on any atom is 0.408 e. The van der Waals surface area contributed by atoms with Crippen molar-refractivity contribution < 1.29 is 29.3 Å². The largest absolute Gasteiger partial charge is 0.508 e. The highest BCUT2D eigenvalue weighted by Gasteiger charge is 2.27. The Hall–Kier alpha value is -4.33. The van der Waals surface area contributed by atoms with E-state index in [9.17, 15) is 24.6 Å². The zero-order valence-corrected chi connectivity index (χ0v) is 18.4. The Morgan fingerprint density at radius 3 is 1.82 bits per heavy atom. The van der Waals surface area contributed by atoms with E-state index in [0.717, 1.165) is 11.1 Å². The predicted octanol–water partition coefficient (Wildman–Crippen LogP) is 3.04. The van der Waals surface area contributed by atoms with Gasteiger partial charge in [0.2, 0.25) is 5.91 Å². The van der Waals surface area contributed by atoms with Crippen LogP contribution in [0.15, 0.2) is 84.9 Å². The van der Waals surface area contributed by atoms with Crippen molar-refractivity contribution >= 4 is 18.0 Å². The van der Waals surface area contributed by atoms with Crippen LogP contribution in [0.4, 0.5) is 4.79 Å². The molecule has 2 amide bonds. The highest BCUT2D eigenvalue weighted by Crippen LogP contribution is 2.12. The number of benzene rings is 3. The number of carbonyl (C=O) groups is 3. The average molecular weight is 463 g/mol. The number of aliphatic carboxylic acids is 1. The molecule has 0 bridgehead atoms. The highest BCUT2D eigenvalue weighted by molar-refractivity contribution is 5.89. The first-order chi connectivity index (χ1) is 16.4. The number of amides is 2. The van der Waals surface area contributed by atoms with Crippen molar-refractivity contribution in [2.45, 2.75) is 31.5 Å². The van der Waals surface area contributed by atoms with Gasteiger partial charge in [0.05, 0.1) is 0 Å². The molecule has 2 atom stereocenters. The number of ether oxygens (including phenoxy) is 1. The molecule has 0 aliphatic rings. The predicted molar refractivity (Wildman–Crippen MR) is 125 cm³/mol. The Balaban J connectivity index is 1.70. The van der Waals surface area contributed by atoms with Gasteiger partial charge in [-0.2, -0.15) is 0 Å². The number of hydrogen-bond acceptors (Lipinski definition) is 5. The number of phenols is 1. The number of hydrogen-bond donors (Lipinski definition) is 4. The summed E-state index contributed by atoms with van der Waals surface area (Å²) in [5, 5.41) is 24.2. The third-order valence-electron chi connectivity index (χ3n) is 5.09. The number of alkyl carbamates (subject to hydrolysis) is 1. The Kier molecular flexibility index (Phi) is 8.62. The van der Waals surface area contributed by atoms with Gasteiger partial charge in [-0.05, 0) is 28.8 Å². The molecule has 8 heteroatoms. The average Bonchev–Trinajstić information content (AvgIpc) is 2.84. The molecule has 8 nitrogen and oxygen atoms in total. The summed E-state index contributed by atoms with van der Waals surface area (Å²) in [5.41, 5.74) is 2.20. The van der Waals surface area contributed by atoms with Gasteiger partial charge in [0, 0.05) is 12.8 Å². The van der Waals surface area contributed by atoms with Crippen molar-refractivity contribution in [2.75, 3.05) is 0 Å². The lowest BCUT2D eigenvalue weighted by Crippen LogP contribution is -2.53. The molecular formula is C26H26N2O6. The zero-order valence-electron chi connectivity index (χ0n) is 18.4. The standard InChI is InChI=1S/C26H26N2O6/c29-21-13-11-19(12-14-21)15-22(28-26(33)34-17-20-9-5-2-6-10-20)24(30)27-23(25(31)32)16-18-7-3-1-4-8-18/h1-14,22-23,29H,15-17H2,(H,27,30)(H,28,33)(H,31,32)/t22-,23+/m1/s1. The van der Waals surface area contributed by atoms with Crippen LogP contribution in [0.5, 0.6) is 5.75 Å². The summed E-state index contributed by atoms with van der Waals surface area (Å²) >= 11 is 0. The normalized spacial score (nSPS) is 12.2. The van der Waals surface area contributed by atoms with E-state index in [1.165, 1.54) is 12.1 Å². The van der Waals surface area contributed by atoms with Crippen LogP contribution >= 0.6 is 0 Å². The molecule has 0 unspecified atom stereocenters. The van der Waals surface area contributed by atoms with E-state index in [2.05, 4.69) is 10.6 Å². The van der Waals surface area contributed by atoms with Crippen LogP contribution in [0.1, 0.15) is 16.7 Å². The lowest BCUT2D eigenvalue weighted by Gasteiger charge is -2.21. The van der Waals surface area contributed by atoms with Gasteiger partial charge < -0.3 is 25.6 Å². The van der Waals surface area contributed by atoms with Gasteiger partial charge in [0.15, 0.2) is 0 Å². The molecular weight excluding hydrogens is 436 g/mol. The van der Waals surface area contributed by atoms with Crippen molar-refractivity contribution in [2.24, 2.45) is 0 Å². The van der Waals surface area contributed by atoms with Crippen LogP contribution in [-0.4, -0.2) is 40.3 Å². The van der Waals surface area contributed by atoms with E-state index in [0.29, 0.717) is 5.56 Å². The summed E-state index contributed by atoms with van der Waals surface area (Å²) in [6.45, 7) is 0.0198. The van der Waals surface area contributed by atoms with E-state index in [-0.39, 0.29) is 25.2 Å². The Labute approximate surface area is 197 Å². The monoisotopic (exact) mass is 462 g/mol. The second-order valence-corrected chi connectivity index (χ2v) is 7.72. The first kappa shape index (κ1) is 24.3. The van der Waals surface area contributed by atoms with Gasteiger partial charge in [-0.15, -0.1) is 0 Å². The van der Waals surface area contributed by atoms with Gasteiger partial charge in [-0.3, -0.25) is 4.79 Å². The van der Waals surface area contributed by atoms with Crippen molar-refractivity contribution in [3.05, 3.63) is 102 Å². The third-order valence-corrected chi connectivity index (χ3v) is 5.09. The van der Waals surface area contributed by atoms with Crippen LogP contribution in [0, 0.1) is 0 Å². The van der Waals surface area contributed by atoms with E-state index >= 15 is 0 Å². The third kappa shape index (κ3) is 7.67. The minimum atomic E-state index is -1.19. The van der Waals surface area contributed by atoms with Crippen LogP contribution < -0.4 is 10.6 Å². The molecule has 0 saturated heterocycles. The maximum atomic E-state index is 13.0. The molecule has 0 radical (unpaired) electrons. The topological polar surface area (TPSA) is 125 Å². The summed E-state index contributed by atoms with van der Waals surface area (Å²) in [6, 6.07) is 21.9. The smallest absolute Gasteiger partial charge is 0.408 e. The molecule has 176 valence electrons. The summed E-state index contributed by atoms with van der Waals surface area (Å²) in [7, 11) is 0. The van der Waals surface area contributed by atoms with Crippen molar-refractivity contribution in [3.63, 3.8) is 0 Å². The Bertz CT molecular complexity index is 1090. The first-order valence-electron chi connectivity index (χ1n) is 10.7. The molecule has 3 aromatic rings. The Morgan fingerprint density at radius 1 is 0.706 bits per heavy atom. The van der Waals surface area contributed by atoms with E-state index in [1.807, 2.05) is 24.3 Å². The maximum absolute atomic E-state index is 13.0. The summed E-state index contributed by atoms with van der Waals surface area (Å²) in [5.74, 6) is -1.78. The van der Waals surface area contributed by atoms with Gasteiger partial charge in [-0.25, -0.2) is 9.59 Å². The number of aromatic hydroxyl groups is 1. The first-order valence-corrected chi connectivity index (χ1v) is 10.7. The van der Waals surface area contributed by atoms with E-state index in [4.69, 9.17) is 4.74 Å². The fourth-order valence-corrected chi connectivity index (χ4v) is 3.31. The minimum absolute atomic E-state index is 0.0198. The number of phenolic OH excluding ortho intramolecular Hbond substituents is 1. The number of carboxylic acids is 1. The van der Waals surface area contributed by atoms with Crippen molar-refractivity contribution in [3.8, 4) is 5.75 Å². The molecule has 3 rings (SSSR count). The molecule has 3 aromatic carbocycles. The fraction of sp³-hybridized carbons (Fsp3) is 0.192. The van der Waals surface area contributed by atoms with Gasteiger partial charge in [0.25, 0.3) is 0 Å². The van der Waals surface area contributed by atoms with Gasteiger partial charge >= 0.3 is 12.1 Å². The van der Waals surface area contributed by atoms with Crippen LogP contribution in [-0.2, 0) is 33.8 Å². The van der Waals surface area contributed by atoms with Crippen molar-refractivity contribution in [1.82, 2.24) is 10.6 Å². The highest BCUT2D eigenvalue weighted by atomic mass is 16.5. The van der Waals surface area contributed by atoms with Gasteiger partial charge in [-0.1, -0.05) is 72.8 Å². The van der Waals surface area contributed by atoms with Crippen LogP contribution in [0.3, 0.4) is 0 Å². The summed E-state index contributed by atoms with van der Waals surface area (Å²) in [4.78, 5) is 37.2. The molecule has 0 fully saturated rings. The number of nitrogens with one attached hydrogen (secondary N) is 2. The lowest BCUT2D eigenvalue weighted by molar-refractivity contribution is -0.142. The summed E-state index contributed by atoms with van der Waals surface area (Å²) in [6.07, 6.45) is -0.644. The fourth-order valence-electron chi connectivity index (χ4n) is 3.31. The van der Waals surface area contributed by atoms with Crippen molar-refractivity contribution in [1.29, 1.82) is 0 Å². The minimum Gasteiger partial charge on any atom is -0.508 e. The second-order valence-electron chi connectivity index (χ2n) is 7.72. The molecule has 0 heterocycles. The number of carbonyl (C=O) groups excluding carboxylic acids is 2. The van der Waals surface area contributed by atoms with Crippen LogP contribution in [0.2, 0.25) is 0 Å². The molecule has 0 saturated carbocycles. The Morgan fingerprint density at radius 2 is 1.24 bits per heavy atom. The van der Waals surface area contributed by atoms with Crippen LogP contribution in [0.25, 0.3) is 0 Å². The molecule has 0 aliphatic heterocycles. The number of rotatable bonds is 10. The lowest BCUT2D eigenvalue weighted by atomic mass is 10.0.